The minimum absolute atomic E-state index is 0.00975. The molecule has 0 saturated heterocycles. The Hall–Kier alpha value is -0.410. The molecule has 4 rings (SSSR count). The second-order valence-corrected chi connectivity index (χ2v) is 9.18. The van der Waals surface area contributed by atoms with Gasteiger partial charge in [0.15, 0.2) is 0 Å². The van der Waals surface area contributed by atoms with Gasteiger partial charge in [0.25, 0.3) is 0 Å². The number of aliphatic hydroxyl groups excluding tert-OH is 2. The van der Waals surface area contributed by atoms with Crippen molar-refractivity contribution in [3.8, 4) is 0 Å². The van der Waals surface area contributed by atoms with E-state index in [9.17, 15) is 15.0 Å². The van der Waals surface area contributed by atoms with Crippen LogP contribution in [-0.4, -0.2) is 28.2 Å². The van der Waals surface area contributed by atoms with Crippen molar-refractivity contribution < 1.29 is 15.0 Å². The predicted molar refractivity (Wildman–Crippen MR) is 84.1 cm³/mol. The van der Waals surface area contributed by atoms with E-state index in [0.717, 1.165) is 44.9 Å². The van der Waals surface area contributed by atoms with Crippen molar-refractivity contribution in [3.63, 3.8) is 0 Å². The number of fused-ring (bicyclic) bond motifs is 5. The molecule has 22 heavy (non-hydrogen) atoms. The van der Waals surface area contributed by atoms with Gasteiger partial charge in [-0.25, -0.2) is 0 Å². The summed E-state index contributed by atoms with van der Waals surface area (Å²) in [6.07, 6.45) is 6.93. The molecule has 4 aliphatic carbocycles. The van der Waals surface area contributed by atoms with Crippen LogP contribution in [0.5, 0.6) is 0 Å². The van der Waals surface area contributed by atoms with Crippen molar-refractivity contribution >= 4 is 5.78 Å². The Morgan fingerprint density at radius 3 is 2.50 bits per heavy atom. The summed E-state index contributed by atoms with van der Waals surface area (Å²) >= 11 is 0. The number of aliphatic hydroxyl groups is 2. The molecule has 124 valence electrons. The average molecular weight is 306 g/mol. The summed E-state index contributed by atoms with van der Waals surface area (Å²) in [7, 11) is 0. The van der Waals surface area contributed by atoms with Crippen molar-refractivity contribution in [1.29, 1.82) is 0 Å². The van der Waals surface area contributed by atoms with Gasteiger partial charge < -0.3 is 10.2 Å². The van der Waals surface area contributed by atoms with Gasteiger partial charge in [-0.15, -0.1) is 0 Å². The fourth-order valence-electron chi connectivity index (χ4n) is 6.99. The second kappa shape index (κ2) is 4.80. The molecule has 0 spiro atoms. The Morgan fingerprint density at radius 2 is 1.73 bits per heavy atom. The SMILES string of the molecule is C[C@]12CCC(=O)CC1CC(O)[C@@H]1[C@@H]2CC[C@]2(C)C(O)CC[C@@H]12. The van der Waals surface area contributed by atoms with Crippen molar-refractivity contribution in [3.05, 3.63) is 0 Å². The molecule has 3 nitrogen and oxygen atoms in total. The Labute approximate surface area is 133 Å². The largest absolute Gasteiger partial charge is 0.393 e. The van der Waals surface area contributed by atoms with E-state index < -0.39 is 0 Å². The maximum Gasteiger partial charge on any atom is 0.133 e. The number of carbonyl (C=O) groups is 1. The third-order valence-corrected chi connectivity index (χ3v) is 8.45. The van der Waals surface area contributed by atoms with Crippen LogP contribution in [0.3, 0.4) is 0 Å². The van der Waals surface area contributed by atoms with E-state index in [1.165, 1.54) is 0 Å². The lowest BCUT2D eigenvalue weighted by Gasteiger charge is -2.61. The lowest BCUT2D eigenvalue weighted by atomic mass is 9.44. The summed E-state index contributed by atoms with van der Waals surface area (Å²) < 4.78 is 0. The van der Waals surface area contributed by atoms with E-state index in [-0.39, 0.29) is 23.0 Å². The smallest absolute Gasteiger partial charge is 0.133 e. The standard InChI is InChI=1S/C19H30O3/c1-18-7-5-12(20)9-11(18)10-15(21)17-13-3-4-16(22)19(13,2)8-6-14(17)18/h11,13-17,21-22H,3-10H2,1-2H3/t11?,13-,14-,15?,16?,17-,18-,19-/m0/s1. The fourth-order valence-corrected chi connectivity index (χ4v) is 6.99. The minimum Gasteiger partial charge on any atom is -0.393 e. The van der Waals surface area contributed by atoms with E-state index in [4.69, 9.17) is 0 Å². The maximum absolute atomic E-state index is 11.9. The second-order valence-electron chi connectivity index (χ2n) is 9.18. The Kier molecular flexibility index (Phi) is 3.30. The first-order chi connectivity index (χ1) is 10.4. The van der Waals surface area contributed by atoms with Crippen LogP contribution >= 0.6 is 0 Å². The van der Waals surface area contributed by atoms with Crippen LogP contribution in [0.25, 0.3) is 0 Å². The molecular weight excluding hydrogens is 276 g/mol. The van der Waals surface area contributed by atoms with Gasteiger partial charge in [-0.3, -0.25) is 4.79 Å². The van der Waals surface area contributed by atoms with Crippen molar-refractivity contribution in [2.75, 3.05) is 0 Å². The number of carbonyl (C=O) groups excluding carboxylic acids is 1. The van der Waals surface area contributed by atoms with Gasteiger partial charge in [0.05, 0.1) is 12.2 Å². The quantitative estimate of drug-likeness (QED) is 0.723. The average Bonchev–Trinajstić information content (AvgIpc) is 2.77. The molecule has 4 aliphatic rings. The maximum atomic E-state index is 11.9. The molecular formula is C19H30O3. The number of ketones is 1. The number of Topliss-reactive ketones (excluding diaryl/α,β-unsaturated/α-hetero) is 1. The van der Waals surface area contributed by atoms with Gasteiger partial charge in [0.1, 0.15) is 5.78 Å². The molecule has 0 heterocycles. The lowest BCUT2D eigenvalue weighted by molar-refractivity contribution is -0.171. The molecule has 0 aromatic rings. The predicted octanol–water partition coefficient (Wildman–Crippen LogP) is 2.93. The Bertz CT molecular complexity index is 489. The van der Waals surface area contributed by atoms with Crippen molar-refractivity contribution in [2.24, 2.45) is 34.5 Å². The van der Waals surface area contributed by atoms with E-state index in [0.29, 0.717) is 35.9 Å². The van der Waals surface area contributed by atoms with Gasteiger partial charge in [-0.2, -0.15) is 0 Å². The summed E-state index contributed by atoms with van der Waals surface area (Å²) in [5, 5.41) is 21.4. The van der Waals surface area contributed by atoms with Crippen LogP contribution in [-0.2, 0) is 4.79 Å². The molecule has 0 aromatic carbocycles. The van der Waals surface area contributed by atoms with Gasteiger partial charge in [-0.05, 0) is 73.0 Å². The highest BCUT2D eigenvalue weighted by molar-refractivity contribution is 5.79. The third-order valence-electron chi connectivity index (χ3n) is 8.45. The highest BCUT2D eigenvalue weighted by Gasteiger charge is 2.62. The summed E-state index contributed by atoms with van der Waals surface area (Å²) in [4.78, 5) is 11.9. The summed E-state index contributed by atoms with van der Waals surface area (Å²) in [5.41, 5.74) is 0.239. The molecule has 0 bridgehead atoms. The van der Waals surface area contributed by atoms with Crippen molar-refractivity contribution in [2.45, 2.75) is 77.4 Å². The molecule has 0 amide bonds. The zero-order chi connectivity index (χ0) is 15.7. The van der Waals surface area contributed by atoms with Crippen LogP contribution < -0.4 is 0 Å². The molecule has 3 unspecified atom stereocenters. The molecule has 4 fully saturated rings. The monoisotopic (exact) mass is 306 g/mol. The molecule has 0 aromatic heterocycles. The number of hydrogen-bond donors (Lipinski definition) is 2. The summed E-state index contributed by atoms with van der Waals surface area (Å²) in [5.74, 6) is 2.11. The van der Waals surface area contributed by atoms with E-state index in [1.807, 2.05) is 0 Å². The molecule has 2 N–H and O–H groups in total. The minimum atomic E-state index is -0.274. The summed E-state index contributed by atoms with van der Waals surface area (Å²) in [6, 6.07) is 0. The number of rotatable bonds is 0. The van der Waals surface area contributed by atoms with Crippen LogP contribution in [0.1, 0.15) is 65.2 Å². The highest BCUT2D eigenvalue weighted by Crippen LogP contribution is 2.65. The number of hydrogen-bond acceptors (Lipinski definition) is 3. The van der Waals surface area contributed by atoms with Crippen molar-refractivity contribution in [1.82, 2.24) is 0 Å². The zero-order valence-corrected chi connectivity index (χ0v) is 13.9. The first-order valence-corrected chi connectivity index (χ1v) is 9.24. The molecule has 3 heteroatoms. The van der Waals surface area contributed by atoms with Crippen LogP contribution in [0.2, 0.25) is 0 Å². The molecule has 0 radical (unpaired) electrons. The van der Waals surface area contributed by atoms with Crippen LogP contribution in [0, 0.1) is 34.5 Å². The normalized spacial score (nSPS) is 57.9. The summed E-state index contributed by atoms with van der Waals surface area (Å²) in [6.45, 7) is 4.64. The topological polar surface area (TPSA) is 57.5 Å². The highest BCUT2D eigenvalue weighted by atomic mass is 16.3. The van der Waals surface area contributed by atoms with E-state index in [2.05, 4.69) is 13.8 Å². The van der Waals surface area contributed by atoms with Crippen LogP contribution in [0.4, 0.5) is 0 Å². The fraction of sp³-hybridized carbons (Fsp3) is 0.947. The van der Waals surface area contributed by atoms with E-state index in [1.54, 1.807) is 0 Å². The van der Waals surface area contributed by atoms with Gasteiger partial charge >= 0.3 is 0 Å². The van der Waals surface area contributed by atoms with Crippen LogP contribution in [0.15, 0.2) is 0 Å². The van der Waals surface area contributed by atoms with Gasteiger partial charge in [0, 0.05) is 12.8 Å². The Morgan fingerprint density at radius 1 is 1.00 bits per heavy atom. The lowest BCUT2D eigenvalue weighted by Crippen LogP contribution is -2.58. The van der Waals surface area contributed by atoms with Gasteiger partial charge in [0.2, 0.25) is 0 Å². The molecule has 4 saturated carbocycles. The first kappa shape index (κ1) is 15.1. The molecule has 8 atom stereocenters. The van der Waals surface area contributed by atoms with Gasteiger partial charge in [-0.1, -0.05) is 13.8 Å². The molecule has 0 aliphatic heterocycles. The first-order valence-electron chi connectivity index (χ1n) is 9.24. The third kappa shape index (κ3) is 1.84. The zero-order valence-electron chi connectivity index (χ0n) is 13.9. The Balaban J connectivity index is 1.68. The van der Waals surface area contributed by atoms with E-state index >= 15 is 0 Å².